The Morgan fingerprint density at radius 3 is 2.31 bits per heavy atom. The summed E-state index contributed by atoms with van der Waals surface area (Å²) >= 11 is 0. The predicted molar refractivity (Wildman–Crippen MR) is 104 cm³/mol. The first-order valence-corrected chi connectivity index (χ1v) is 10.2. The van der Waals surface area contributed by atoms with Gasteiger partial charge in [0.05, 0.1) is 4.90 Å². The molecule has 0 fully saturated rings. The normalized spacial score (nSPS) is 12.6. The number of sulfonamides is 1. The Morgan fingerprint density at radius 2 is 1.73 bits per heavy atom. The highest BCUT2D eigenvalue weighted by Crippen LogP contribution is 2.13. The molecular weight excluding hydrogens is 348 g/mol. The highest BCUT2D eigenvalue weighted by Gasteiger charge is 2.17. The predicted octanol–water partition coefficient (Wildman–Crippen LogP) is 3.31. The number of amides is 1. The minimum absolute atomic E-state index is 0.138. The fourth-order valence-corrected chi connectivity index (χ4v) is 3.85. The van der Waals surface area contributed by atoms with Gasteiger partial charge in [0.15, 0.2) is 0 Å². The number of aryl methyl sites for hydroxylation is 2. The van der Waals surface area contributed by atoms with Gasteiger partial charge in [-0.15, -0.1) is 0 Å². The SMILES string of the molecule is CCC(C)NS(=O)(=O)c1ccc(C(=O)NCc2ccc(C)cc2C)cc1. The van der Waals surface area contributed by atoms with E-state index in [1.54, 1.807) is 0 Å². The van der Waals surface area contributed by atoms with Crippen LogP contribution in [0.25, 0.3) is 0 Å². The molecular formula is C20H26N2O3S. The lowest BCUT2D eigenvalue weighted by Gasteiger charge is -2.12. The molecule has 2 aromatic carbocycles. The molecule has 0 aromatic heterocycles. The van der Waals surface area contributed by atoms with E-state index in [1.807, 2.05) is 39.8 Å². The summed E-state index contributed by atoms with van der Waals surface area (Å²) in [6, 6.07) is 11.9. The molecule has 0 aliphatic rings. The number of rotatable bonds is 7. The molecule has 1 atom stereocenters. The van der Waals surface area contributed by atoms with Gasteiger partial charge >= 0.3 is 0 Å². The third-order valence-corrected chi connectivity index (χ3v) is 5.94. The zero-order valence-electron chi connectivity index (χ0n) is 15.7. The summed E-state index contributed by atoms with van der Waals surface area (Å²) in [6.45, 7) is 8.20. The third kappa shape index (κ3) is 5.16. The van der Waals surface area contributed by atoms with Gasteiger partial charge in [0.25, 0.3) is 5.91 Å². The lowest BCUT2D eigenvalue weighted by Crippen LogP contribution is -2.32. The van der Waals surface area contributed by atoms with Gasteiger partial charge in [0.1, 0.15) is 0 Å². The Balaban J connectivity index is 2.04. The second kappa shape index (κ2) is 8.47. The van der Waals surface area contributed by atoms with Crippen LogP contribution >= 0.6 is 0 Å². The van der Waals surface area contributed by atoms with E-state index in [0.717, 1.165) is 11.1 Å². The van der Waals surface area contributed by atoms with Crippen molar-refractivity contribution in [2.24, 2.45) is 0 Å². The van der Waals surface area contributed by atoms with Crippen LogP contribution in [0.4, 0.5) is 0 Å². The molecule has 2 N–H and O–H groups in total. The van der Waals surface area contributed by atoms with Gasteiger partial charge in [-0.2, -0.15) is 0 Å². The fourth-order valence-electron chi connectivity index (χ4n) is 2.52. The van der Waals surface area contributed by atoms with Crippen LogP contribution in [0.2, 0.25) is 0 Å². The minimum atomic E-state index is -3.56. The van der Waals surface area contributed by atoms with Crippen molar-refractivity contribution >= 4 is 15.9 Å². The van der Waals surface area contributed by atoms with Gasteiger partial charge in [-0.1, -0.05) is 30.7 Å². The maximum absolute atomic E-state index is 12.3. The van der Waals surface area contributed by atoms with Crippen molar-refractivity contribution in [3.8, 4) is 0 Å². The minimum Gasteiger partial charge on any atom is -0.348 e. The van der Waals surface area contributed by atoms with Crippen LogP contribution in [0.3, 0.4) is 0 Å². The molecule has 6 heteroatoms. The average molecular weight is 375 g/mol. The maximum Gasteiger partial charge on any atom is 0.251 e. The molecule has 26 heavy (non-hydrogen) atoms. The van der Waals surface area contributed by atoms with Crippen LogP contribution in [-0.2, 0) is 16.6 Å². The second-order valence-corrected chi connectivity index (χ2v) is 8.28. The molecule has 2 aromatic rings. The number of hydrogen-bond donors (Lipinski definition) is 2. The Hall–Kier alpha value is -2.18. The number of nitrogens with one attached hydrogen (secondary N) is 2. The third-order valence-electron chi connectivity index (χ3n) is 4.33. The molecule has 1 amide bonds. The van der Waals surface area contributed by atoms with Crippen LogP contribution in [0, 0.1) is 13.8 Å². The monoisotopic (exact) mass is 374 g/mol. The zero-order valence-corrected chi connectivity index (χ0v) is 16.5. The van der Waals surface area contributed by atoms with Crippen molar-refractivity contribution in [2.75, 3.05) is 0 Å². The quantitative estimate of drug-likeness (QED) is 0.781. The molecule has 5 nitrogen and oxygen atoms in total. The van der Waals surface area contributed by atoms with Gasteiger partial charge in [0, 0.05) is 18.2 Å². The Bertz CT molecular complexity index is 874. The van der Waals surface area contributed by atoms with Crippen molar-refractivity contribution in [2.45, 2.75) is 51.6 Å². The summed E-state index contributed by atoms with van der Waals surface area (Å²) in [5.74, 6) is -0.233. The smallest absolute Gasteiger partial charge is 0.251 e. The number of hydrogen-bond acceptors (Lipinski definition) is 3. The van der Waals surface area contributed by atoms with Crippen LogP contribution in [0.5, 0.6) is 0 Å². The van der Waals surface area contributed by atoms with Gasteiger partial charge in [0.2, 0.25) is 10.0 Å². The van der Waals surface area contributed by atoms with E-state index >= 15 is 0 Å². The number of carbonyl (C=O) groups is 1. The largest absolute Gasteiger partial charge is 0.348 e. The van der Waals surface area contributed by atoms with E-state index in [4.69, 9.17) is 0 Å². The molecule has 0 heterocycles. The molecule has 0 spiro atoms. The summed E-state index contributed by atoms with van der Waals surface area (Å²) in [5, 5.41) is 2.87. The molecule has 0 bridgehead atoms. The highest BCUT2D eigenvalue weighted by atomic mass is 32.2. The molecule has 0 aliphatic carbocycles. The van der Waals surface area contributed by atoms with Gasteiger partial charge < -0.3 is 5.32 Å². The summed E-state index contributed by atoms with van der Waals surface area (Å²) in [4.78, 5) is 12.5. The Labute approximate surface area is 155 Å². The molecule has 2 rings (SSSR count). The van der Waals surface area contributed by atoms with E-state index in [9.17, 15) is 13.2 Å². The molecule has 0 radical (unpaired) electrons. The highest BCUT2D eigenvalue weighted by molar-refractivity contribution is 7.89. The van der Waals surface area contributed by atoms with Crippen molar-refractivity contribution in [1.29, 1.82) is 0 Å². The Morgan fingerprint density at radius 1 is 1.08 bits per heavy atom. The van der Waals surface area contributed by atoms with Crippen LogP contribution in [0.1, 0.15) is 47.3 Å². The molecule has 0 saturated carbocycles. The Kier molecular flexibility index (Phi) is 6.56. The summed E-state index contributed by atoms with van der Waals surface area (Å²) in [7, 11) is -3.56. The van der Waals surface area contributed by atoms with Crippen molar-refractivity contribution in [3.05, 3.63) is 64.7 Å². The number of benzene rings is 2. The molecule has 140 valence electrons. The number of carbonyl (C=O) groups excluding carboxylic acids is 1. The summed E-state index contributed by atoms with van der Waals surface area (Å²) in [6.07, 6.45) is 0.706. The second-order valence-electron chi connectivity index (χ2n) is 6.57. The lowest BCUT2D eigenvalue weighted by atomic mass is 10.1. The first kappa shape index (κ1) is 20.1. The molecule has 0 saturated heterocycles. The molecule has 0 aliphatic heterocycles. The van der Waals surface area contributed by atoms with Gasteiger partial charge in [-0.25, -0.2) is 13.1 Å². The first-order valence-electron chi connectivity index (χ1n) is 8.69. The fraction of sp³-hybridized carbons (Fsp3) is 0.350. The van der Waals surface area contributed by atoms with E-state index in [0.29, 0.717) is 18.5 Å². The average Bonchev–Trinajstić information content (AvgIpc) is 2.60. The topological polar surface area (TPSA) is 75.3 Å². The summed E-state index contributed by atoms with van der Waals surface area (Å²) < 4.78 is 27.1. The van der Waals surface area contributed by atoms with Crippen molar-refractivity contribution in [1.82, 2.24) is 10.0 Å². The molecule has 1 unspecified atom stereocenters. The van der Waals surface area contributed by atoms with E-state index in [-0.39, 0.29) is 16.8 Å². The van der Waals surface area contributed by atoms with E-state index < -0.39 is 10.0 Å². The van der Waals surface area contributed by atoms with Crippen LogP contribution in [-0.4, -0.2) is 20.4 Å². The van der Waals surface area contributed by atoms with Gasteiger partial charge in [-0.3, -0.25) is 4.79 Å². The van der Waals surface area contributed by atoms with Crippen LogP contribution in [0.15, 0.2) is 47.4 Å². The zero-order chi connectivity index (χ0) is 19.3. The van der Waals surface area contributed by atoms with Crippen LogP contribution < -0.4 is 10.0 Å². The van der Waals surface area contributed by atoms with E-state index in [1.165, 1.54) is 29.8 Å². The van der Waals surface area contributed by atoms with E-state index in [2.05, 4.69) is 16.1 Å². The van der Waals surface area contributed by atoms with Crippen molar-refractivity contribution < 1.29 is 13.2 Å². The lowest BCUT2D eigenvalue weighted by molar-refractivity contribution is 0.0951. The van der Waals surface area contributed by atoms with Gasteiger partial charge in [-0.05, 0) is 62.6 Å². The van der Waals surface area contributed by atoms with Crippen molar-refractivity contribution in [3.63, 3.8) is 0 Å². The maximum atomic E-state index is 12.3. The standard InChI is InChI=1S/C20H26N2O3S/c1-5-16(4)22-26(24,25)19-10-8-17(9-11-19)20(23)21-13-18-7-6-14(2)12-15(18)3/h6-12,16,22H,5,13H2,1-4H3,(H,21,23). The summed E-state index contributed by atoms with van der Waals surface area (Å²) in [5.41, 5.74) is 3.79. The first-order chi connectivity index (χ1) is 12.2.